The Morgan fingerprint density at radius 3 is 2.31 bits per heavy atom. The van der Waals surface area contributed by atoms with Crippen LogP contribution in [-0.4, -0.2) is 66.3 Å². The number of nitrogens with zero attached hydrogens (tertiary/aromatic N) is 3. The quantitative estimate of drug-likeness (QED) is 0.403. The molecule has 9 nitrogen and oxygen atoms in total. The van der Waals surface area contributed by atoms with Crippen molar-refractivity contribution in [1.82, 2.24) is 9.55 Å². The van der Waals surface area contributed by atoms with E-state index in [1.807, 2.05) is 33.2 Å². The minimum Gasteiger partial charge on any atom is -0.492 e. The smallest absolute Gasteiger partial charge is 0.333 e. The van der Waals surface area contributed by atoms with E-state index in [1.54, 1.807) is 28.5 Å². The highest BCUT2D eigenvalue weighted by Gasteiger charge is 2.20. The van der Waals surface area contributed by atoms with Gasteiger partial charge in [-0.05, 0) is 36.6 Å². The zero-order chi connectivity index (χ0) is 27.3. The lowest BCUT2D eigenvalue weighted by molar-refractivity contribution is -0.149. The van der Waals surface area contributed by atoms with Crippen molar-refractivity contribution in [2.45, 2.75) is 59.1 Å². The first-order chi connectivity index (χ1) is 17.2. The molecule has 2 rings (SSSR count). The molecule has 0 bridgehead atoms. The van der Waals surface area contributed by atoms with Gasteiger partial charge in [0.05, 0.1) is 12.2 Å². The summed E-state index contributed by atoms with van der Waals surface area (Å²) in [5.74, 6) is 0.374. The Kier molecular flexibility index (Phi) is 13.5. The minimum atomic E-state index is -0.977. The number of aliphatic carboxylic acids is 1. The van der Waals surface area contributed by atoms with Crippen LogP contribution >= 0.6 is 0 Å². The lowest BCUT2D eigenvalue weighted by Crippen LogP contribution is -2.33. The van der Waals surface area contributed by atoms with Gasteiger partial charge in [-0.3, -0.25) is 9.36 Å². The molecule has 1 unspecified atom stereocenters. The van der Waals surface area contributed by atoms with Gasteiger partial charge in [0.1, 0.15) is 23.9 Å². The summed E-state index contributed by atoms with van der Waals surface area (Å²) in [7, 11) is 4.69. The maximum Gasteiger partial charge on any atom is 0.333 e. The number of anilines is 1. The highest BCUT2D eigenvalue weighted by Crippen LogP contribution is 2.24. The van der Waals surface area contributed by atoms with E-state index in [-0.39, 0.29) is 12.0 Å². The number of hydrogen-bond acceptors (Lipinski definition) is 7. The summed E-state index contributed by atoms with van der Waals surface area (Å²) in [5, 5.41) is 16.2. The second-order valence-electron chi connectivity index (χ2n) is 8.26. The Morgan fingerprint density at radius 1 is 1.17 bits per heavy atom. The minimum absolute atomic E-state index is 0.0984. The number of carboxylic acid groups (broad SMARTS) is 1. The monoisotopic (exact) mass is 503 g/mol. The standard InChI is InChI=1S/C26H37N3O5.CH4O/c1-7-10-18(4)23-24(28(5)6)25(30)29(22(8-2)27-23)15-16-34-20-13-11-19(12-14-20)17-21(26(31)32)33-9-3;1-2/h11-14,21H,4,7-10,15-17H2,1-3,5-6H3,(H,31,32);2H,1H3. The molecule has 0 saturated carbocycles. The molecule has 1 atom stereocenters. The van der Waals surface area contributed by atoms with Gasteiger partial charge in [-0.1, -0.05) is 39.0 Å². The van der Waals surface area contributed by atoms with E-state index in [1.165, 1.54) is 0 Å². The number of aliphatic hydroxyl groups is 1. The Hall–Kier alpha value is -3.17. The SMILES string of the molecule is C=C(CCC)c1nc(CC)n(CCOc2ccc(CC(OCC)C(=O)O)cc2)c(=O)c1N(C)C.CO. The van der Waals surface area contributed by atoms with E-state index < -0.39 is 12.1 Å². The summed E-state index contributed by atoms with van der Waals surface area (Å²) in [4.78, 5) is 31.2. The average Bonchev–Trinajstić information content (AvgIpc) is 2.86. The Morgan fingerprint density at radius 2 is 1.81 bits per heavy atom. The van der Waals surface area contributed by atoms with Crippen molar-refractivity contribution in [2.75, 3.05) is 39.3 Å². The first-order valence-electron chi connectivity index (χ1n) is 12.2. The number of aryl methyl sites for hydroxylation is 1. The van der Waals surface area contributed by atoms with Crippen molar-refractivity contribution in [1.29, 1.82) is 0 Å². The van der Waals surface area contributed by atoms with Crippen molar-refractivity contribution in [3.8, 4) is 5.75 Å². The molecule has 0 amide bonds. The van der Waals surface area contributed by atoms with E-state index in [2.05, 4.69) is 13.5 Å². The van der Waals surface area contributed by atoms with Crippen LogP contribution in [0.2, 0.25) is 0 Å². The number of rotatable bonds is 14. The van der Waals surface area contributed by atoms with Crippen LogP contribution in [0.4, 0.5) is 5.69 Å². The van der Waals surface area contributed by atoms with Crippen LogP contribution < -0.4 is 15.2 Å². The topological polar surface area (TPSA) is 114 Å². The first-order valence-corrected chi connectivity index (χ1v) is 12.2. The first kappa shape index (κ1) is 30.9. The zero-order valence-electron chi connectivity index (χ0n) is 22.4. The van der Waals surface area contributed by atoms with Crippen LogP contribution in [0.3, 0.4) is 0 Å². The van der Waals surface area contributed by atoms with Crippen LogP contribution in [0.5, 0.6) is 5.75 Å². The normalized spacial score (nSPS) is 11.3. The van der Waals surface area contributed by atoms with Crippen LogP contribution in [0.25, 0.3) is 5.57 Å². The third-order valence-corrected chi connectivity index (χ3v) is 5.45. The molecular weight excluding hydrogens is 462 g/mol. The molecule has 0 spiro atoms. The summed E-state index contributed by atoms with van der Waals surface area (Å²) in [6, 6.07) is 7.25. The van der Waals surface area contributed by atoms with Crippen molar-refractivity contribution in [3.05, 3.63) is 58.3 Å². The van der Waals surface area contributed by atoms with Crippen molar-refractivity contribution < 1.29 is 24.5 Å². The van der Waals surface area contributed by atoms with Crippen LogP contribution in [0, 0.1) is 0 Å². The molecule has 0 saturated heterocycles. The van der Waals surface area contributed by atoms with Gasteiger partial charge in [-0.25, -0.2) is 9.78 Å². The molecule has 2 N–H and O–H groups in total. The highest BCUT2D eigenvalue weighted by atomic mass is 16.5. The lowest BCUT2D eigenvalue weighted by Gasteiger charge is -2.21. The van der Waals surface area contributed by atoms with E-state index in [9.17, 15) is 14.7 Å². The highest BCUT2D eigenvalue weighted by molar-refractivity contribution is 5.73. The second-order valence-corrected chi connectivity index (χ2v) is 8.26. The summed E-state index contributed by atoms with van der Waals surface area (Å²) in [5.41, 5.74) is 2.84. The number of ether oxygens (including phenoxy) is 2. The molecule has 9 heteroatoms. The van der Waals surface area contributed by atoms with Crippen LogP contribution in [-0.2, 0) is 28.9 Å². The lowest BCUT2D eigenvalue weighted by atomic mass is 10.1. The van der Waals surface area contributed by atoms with Gasteiger partial charge < -0.3 is 24.6 Å². The van der Waals surface area contributed by atoms with Crippen molar-refractivity contribution >= 4 is 17.2 Å². The molecule has 0 aliphatic heterocycles. The molecule has 200 valence electrons. The largest absolute Gasteiger partial charge is 0.492 e. The number of carbonyl (C=O) groups is 1. The zero-order valence-corrected chi connectivity index (χ0v) is 22.4. The molecule has 0 radical (unpaired) electrons. The maximum atomic E-state index is 13.3. The van der Waals surface area contributed by atoms with E-state index in [0.29, 0.717) is 49.1 Å². The third-order valence-electron chi connectivity index (χ3n) is 5.45. The molecule has 0 aliphatic carbocycles. The number of benzene rings is 1. The van der Waals surface area contributed by atoms with Crippen LogP contribution in [0.15, 0.2) is 35.6 Å². The fraction of sp³-hybridized carbons (Fsp3) is 0.519. The predicted octanol–water partition coefficient (Wildman–Crippen LogP) is 3.40. The van der Waals surface area contributed by atoms with Gasteiger partial charge in [0, 0.05) is 40.7 Å². The third kappa shape index (κ3) is 8.49. The molecule has 1 aromatic carbocycles. The van der Waals surface area contributed by atoms with Gasteiger partial charge in [-0.2, -0.15) is 0 Å². The summed E-state index contributed by atoms with van der Waals surface area (Å²) in [6.07, 6.45) is 1.76. The van der Waals surface area contributed by atoms with E-state index >= 15 is 0 Å². The Bertz CT molecular complexity index is 1030. The fourth-order valence-electron chi connectivity index (χ4n) is 3.77. The molecular formula is C27H41N3O6. The molecule has 1 aromatic heterocycles. The van der Waals surface area contributed by atoms with Crippen molar-refractivity contribution in [2.24, 2.45) is 0 Å². The molecule has 0 aliphatic rings. The number of aliphatic hydroxyl groups excluding tert-OH is 1. The van der Waals surface area contributed by atoms with E-state index in [4.69, 9.17) is 19.6 Å². The van der Waals surface area contributed by atoms with Gasteiger partial charge >= 0.3 is 5.97 Å². The van der Waals surface area contributed by atoms with Gasteiger partial charge in [0.2, 0.25) is 0 Å². The maximum absolute atomic E-state index is 13.3. The Labute approximate surface area is 214 Å². The summed E-state index contributed by atoms with van der Waals surface area (Å²) < 4.78 is 12.8. The molecule has 0 fully saturated rings. The molecule has 1 heterocycles. The van der Waals surface area contributed by atoms with Gasteiger partial charge in [-0.15, -0.1) is 0 Å². The average molecular weight is 504 g/mol. The predicted molar refractivity (Wildman–Crippen MR) is 143 cm³/mol. The Balaban J connectivity index is 0.00000316. The fourth-order valence-corrected chi connectivity index (χ4v) is 3.77. The number of carboxylic acids is 1. The van der Waals surface area contributed by atoms with Gasteiger partial charge in [0.15, 0.2) is 6.10 Å². The molecule has 2 aromatic rings. The summed E-state index contributed by atoms with van der Waals surface area (Å²) >= 11 is 0. The summed E-state index contributed by atoms with van der Waals surface area (Å²) in [6.45, 7) is 11.0. The number of aromatic nitrogens is 2. The molecule has 36 heavy (non-hydrogen) atoms. The number of allylic oxidation sites excluding steroid dienone is 1. The van der Waals surface area contributed by atoms with Crippen LogP contribution in [0.1, 0.15) is 50.7 Å². The number of hydrogen-bond donors (Lipinski definition) is 2. The second kappa shape index (κ2) is 15.7. The van der Waals surface area contributed by atoms with Crippen molar-refractivity contribution in [3.63, 3.8) is 0 Å². The van der Waals surface area contributed by atoms with E-state index in [0.717, 1.165) is 31.1 Å². The van der Waals surface area contributed by atoms with Gasteiger partial charge in [0.25, 0.3) is 5.56 Å².